The van der Waals surface area contributed by atoms with Crippen LogP contribution < -0.4 is 10.6 Å². The summed E-state index contributed by atoms with van der Waals surface area (Å²) in [5.41, 5.74) is 1.14. The molecule has 1 aromatic heterocycles. The lowest BCUT2D eigenvalue weighted by Gasteiger charge is -2.22. The lowest BCUT2D eigenvalue weighted by Crippen LogP contribution is -2.33. The van der Waals surface area contributed by atoms with Gasteiger partial charge in [0, 0.05) is 5.56 Å². The molecular formula is C17H24Cl2N2O. The van der Waals surface area contributed by atoms with Crippen LogP contribution in [0.2, 0.25) is 0 Å². The molecule has 0 unspecified atom stereocenters. The Morgan fingerprint density at radius 3 is 2.45 bits per heavy atom. The second-order valence-electron chi connectivity index (χ2n) is 5.46. The van der Waals surface area contributed by atoms with Gasteiger partial charge in [-0.1, -0.05) is 30.3 Å². The molecule has 3 rings (SSSR count). The zero-order chi connectivity index (χ0) is 13.6. The fraction of sp³-hybridized carbons (Fsp3) is 0.412. The third kappa shape index (κ3) is 5.33. The van der Waals surface area contributed by atoms with Crippen LogP contribution in [0, 0.1) is 5.92 Å². The van der Waals surface area contributed by atoms with Crippen molar-refractivity contribution in [2.75, 3.05) is 19.6 Å². The molecule has 1 aliphatic rings. The number of halogens is 2. The minimum atomic E-state index is 0. The molecule has 0 bridgehead atoms. The lowest BCUT2D eigenvalue weighted by molar-refractivity contribution is 0.350. The van der Waals surface area contributed by atoms with Crippen molar-refractivity contribution in [1.82, 2.24) is 10.6 Å². The second kappa shape index (κ2) is 9.90. The maximum Gasteiger partial charge on any atom is 0.134 e. The summed E-state index contributed by atoms with van der Waals surface area (Å²) in [7, 11) is 0. The highest BCUT2D eigenvalue weighted by molar-refractivity contribution is 5.85. The van der Waals surface area contributed by atoms with Gasteiger partial charge in [0.1, 0.15) is 11.5 Å². The van der Waals surface area contributed by atoms with Crippen LogP contribution in [-0.4, -0.2) is 19.6 Å². The van der Waals surface area contributed by atoms with E-state index in [2.05, 4.69) is 34.9 Å². The van der Waals surface area contributed by atoms with Crippen molar-refractivity contribution in [2.24, 2.45) is 5.92 Å². The smallest absolute Gasteiger partial charge is 0.134 e. The molecule has 0 amide bonds. The van der Waals surface area contributed by atoms with Gasteiger partial charge in [-0.25, -0.2) is 0 Å². The van der Waals surface area contributed by atoms with Gasteiger partial charge in [0.2, 0.25) is 0 Å². The molecule has 0 atom stereocenters. The maximum absolute atomic E-state index is 5.88. The average molecular weight is 343 g/mol. The number of hydrogen-bond acceptors (Lipinski definition) is 3. The first kappa shape index (κ1) is 19.0. The highest BCUT2D eigenvalue weighted by atomic mass is 35.5. The van der Waals surface area contributed by atoms with E-state index in [1.54, 1.807) is 0 Å². The van der Waals surface area contributed by atoms with Gasteiger partial charge in [0.05, 0.1) is 6.54 Å². The summed E-state index contributed by atoms with van der Waals surface area (Å²) in [5, 5.41) is 6.91. The Labute approximate surface area is 144 Å². The van der Waals surface area contributed by atoms with Gasteiger partial charge < -0.3 is 15.1 Å². The molecule has 5 heteroatoms. The Bertz CT molecular complexity index is 524. The van der Waals surface area contributed by atoms with Gasteiger partial charge in [-0.15, -0.1) is 24.8 Å². The summed E-state index contributed by atoms with van der Waals surface area (Å²) in [5.74, 6) is 2.77. The van der Waals surface area contributed by atoms with E-state index in [4.69, 9.17) is 4.42 Å². The predicted octanol–water partition coefficient (Wildman–Crippen LogP) is 3.88. The molecule has 2 N–H and O–H groups in total. The number of nitrogens with one attached hydrogen (secondary N) is 2. The van der Waals surface area contributed by atoms with Crippen LogP contribution in [0.25, 0.3) is 11.3 Å². The Morgan fingerprint density at radius 1 is 1.00 bits per heavy atom. The SMILES string of the molecule is Cl.Cl.c1ccc(-c2ccc(CNCC3CCNCC3)o2)cc1. The molecule has 122 valence electrons. The largest absolute Gasteiger partial charge is 0.460 e. The summed E-state index contributed by atoms with van der Waals surface area (Å²) in [6.45, 7) is 4.22. The number of piperidine rings is 1. The quantitative estimate of drug-likeness (QED) is 0.865. The van der Waals surface area contributed by atoms with Crippen molar-refractivity contribution >= 4 is 24.8 Å². The monoisotopic (exact) mass is 342 g/mol. The average Bonchev–Trinajstić information content (AvgIpc) is 2.98. The van der Waals surface area contributed by atoms with E-state index in [1.165, 1.54) is 12.8 Å². The fourth-order valence-corrected chi connectivity index (χ4v) is 2.72. The first-order valence-electron chi connectivity index (χ1n) is 7.47. The van der Waals surface area contributed by atoms with Crippen LogP contribution in [0.4, 0.5) is 0 Å². The van der Waals surface area contributed by atoms with E-state index >= 15 is 0 Å². The van der Waals surface area contributed by atoms with Crippen LogP contribution in [0.1, 0.15) is 18.6 Å². The first-order chi connectivity index (χ1) is 9.92. The summed E-state index contributed by atoms with van der Waals surface area (Å²) < 4.78 is 5.88. The van der Waals surface area contributed by atoms with Gasteiger partial charge in [-0.2, -0.15) is 0 Å². The molecule has 2 heterocycles. The Hall–Kier alpha value is -1.00. The van der Waals surface area contributed by atoms with Crippen molar-refractivity contribution in [1.29, 1.82) is 0 Å². The summed E-state index contributed by atoms with van der Waals surface area (Å²) in [6.07, 6.45) is 2.56. The number of hydrogen-bond donors (Lipinski definition) is 2. The standard InChI is InChI=1S/C17H22N2O.2ClH/c1-2-4-15(5-3-1)17-7-6-16(20-17)13-19-12-14-8-10-18-11-9-14;;/h1-7,14,18-19H,8-13H2;2*1H. The van der Waals surface area contributed by atoms with Crippen molar-refractivity contribution in [3.05, 3.63) is 48.2 Å². The number of furan rings is 1. The van der Waals surface area contributed by atoms with Crippen LogP contribution in [0.5, 0.6) is 0 Å². The Morgan fingerprint density at radius 2 is 1.73 bits per heavy atom. The molecule has 22 heavy (non-hydrogen) atoms. The number of rotatable bonds is 5. The molecule has 0 aliphatic carbocycles. The molecule has 3 nitrogen and oxygen atoms in total. The summed E-state index contributed by atoms with van der Waals surface area (Å²) in [4.78, 5) is 0. The van der Waals surface area contributed by atoms with Gasteiger partial charge in [0.15, 0.2) is 0 Å². The minimum Gasteiger partial charge on any atom is -0.460 e. The molecule has 2 aromatic rings. The van der Waals surface area contributed by atoms with E-state index in [0.29, 0.717) is 0 Å². The van der Waals surface area contributed by atoms with Crippen molar-refractivity contribution < 1.29 is 4.42 Å². The first-order valence-corrected chi connectivity index (χ1v) is 7.47. The molecule has 1 aliphatic heterocycles. The molecule has 0 spiro atoms. The zero-order valence-corrected chi connectivity index (χ0v) is 14.2. The maximum atomic E-state index is 5.88. The molecule has 1 aromatic carbocycles. The van der Waals surface area contributed by atoms with Crippen LogP contribution in [-0.2, 0) is 6.54 Å². The molecular weight excluding hydrogens is 319 g/mol. The second-order valence-corrected chi connectivity index (χ2v) is 5.46. The van der Waals surface area contributed by atoms with Gasteiger partial charge >= 0.3 is 0 Å². The van der Waals surface area contributed by atoms with Crippen LogP contribution in [0.3, 0.4) is 0 Å². The van der Waals surface area contributed by atoms with Crippen LogP contribution in [0.15, 0.2) is 46.9 Å². The summed E-state index contributed by atoms with van der Waals surface area (Å²) in [6, 6.07) is 14.4. The molecule has 1 saturated heterocycles. The van der Waals surface area contributed by atoms with E-state index in [1.807, 2.05) is 18.2 Å². The fourth-order valence-electron chi connectivity index (χ4n) is 2.72. The van der Waals surface area contributed by atoms with Crippen molar-refractivity contribution in [2.45, 2.75) is 19.4 Å². The molecule has 0 radical (unpaired) electrons. The highest BCUT2D eigenvalue weighted by Gasteiger charge is 2.12. The van der Waals surface area contributed by atoms with Crippen molar-refractivity contribution in [3.63, 3.8) is 0 Å². The Kier molecular flexibility index (Phi) is 8.57. The predicted molar refractivity (Wildman–Crippen MR) is 95.9 cm³/mol. The third-order valence-corrected chi connectivity index (χ3v) is 3.91. The third-order valence-electron chi connectivity index (χ3n) is 3.91. The van der Waals surface area contributed by atoms with Gasteiger partial charge in [-0.05, 0) is 50.5 Å². The van der Waals surface area contributed by atoms with Gasteiger partial charge in [0.25, 0.3) is 0 Å². The van der Waals surface area contributed by atoms with E-state index < -0.39 is 0 Å². The zero-order valence-electron chi connectivity index (χ0n) is 12.6. The normalized spacial score (nSPS) is 14.9. The lowest BCUT2D eigenvalue weighted by atomic mass is 9.98. The van der Waals surface area contributed by atoms with E-state index in [0.717, 1.165) is 49.2 Å². The van der Waals surface area contributed by atoms with E-state index in [-0.39, 0.29) is 24.8 Å². The number of benzene rings is 1. The minimum absolute atomic E-state index is 0. The van der Waals surface area contributed by atoms with Crippen molar-refractivity contribution in [3.8, 4) is 11.3 Å². The topological polar surface area (TPSA) is 37.2 Å². The summed E-state index contributed by atoms with van der Waals surface area (Å²) >= 11 is 0. The highest BCUT2D eigenvalue weighted by Crippen LogP contribution is 2.21. The molecule has 0 saturated carbocycles. The van der Waals surface area contributed by atoms with Gasteiger partial charge in [-0.3, -0.25) is 0 Å². The van der Waals surface area contributed by atoms with E-state index in [9.17, 15) is 0 Å². The molecule has 1 fully saturated rings. The van der Waals surface area contributed by atoms with Crippen LogP contribution >= 0.6 is 24.8 Å². The Balaban J connectivity index is 0.00000121.